The van der Waals surface area contributed by atoms with Crippen molar-refractivity contribution in [1.29, 1.82) is 0 Å². The van der Waals surface area contributed by atoms with Gasteiger partial charge in [-0.05, 0) is 48.3 Å². The third-order valence-corrected chi connectivity index (χ3v) is 15.0. The van der Waals surface area contributed by atoms with Crippen LogP contribution >= 0.6 is 0 Å². The summed E-state index contributed by atoms with van der Waals surface area (Å²) in [7, 11) is 7.48. The molecule has 2 aromatic rings. The quantitative estimate of drug-likeness (QED) is 0.0600. The molecule has 6 amide bonds. The van der Waals surface area contributed by atoms with Crippen molar-refractivity contribution in [3.05, 3.63) is 59.7 Å². The molecule has 2 aromatic carbocycles. The Bertz CT molecular complexity index is 2440. The average Bonchev–Trinajstić information content (AvgIpc) is 4.00. The van der Waals surface area contributed by atoms with E-state index in [-0.39, 0.29) is 54.2 Å². The lowest BCUT2D eigenvalue weighted by Crippen LogP contribution is -2.61. The van der Waals surface area contributed by atoms with Gasteiger partial charge in [0.05, 0.1) is 36.6 Å². The van der Waals surface area contributed by atoms with Gasteiger partial charge in [0.2, 0.25) is 35.8 Å². The maximum atomic E-state index is 14.8. The first-order chi connectivity index (χ1) is 37.9. The number of likely N-dealkylation sites (N-methyl/N-ethyl adjacent to an activating group) is 3. The number of amides is 6. The lowest BCUT2D eigenvalue weighted by atomic mass is 9.89. The summed E-state index contributed by atoms with van der Waals surface area (Å²) < 4.78 is 34.2. The van der Waals surface area contributed by atoms with E-state index in [1.165, 1.54) is 51.4 Å². The Hall–Kier alpha value is -6.55. The highest BCUT2D eigenvalue weighted by atomic mass is 16.7. The van der Waals surface area contributed by atoms with Crippen LogP contribution in [0, 0.1) is 36.0 Å². The molecule has 2 saturated heterocycles. The molecule has 0 saturated carbocycles. The molecule has 2 aliphatic rings. The van der Waals surface area contributed by atoms with Crippen LogP contribution in [0.4, 0.5) is 4.79 Å². The number of benzene rings is 2. The zero-order valence-electron chi connectivity index (χ0n) is 48.0. The number of nitrogens with zero attached hydrogens (tertiary/aromatic N) is 3. The van der Waals surface area contributed by atoms with E-state index in [1.807, 2.05) is 44.2 Å². The molecule has 0 aromatic heterocycles. The number of hydrogen-bond donors (Lipinski definition) is 7. The fourth-order valence-corrected chi connectivity index (χ4v) is 10.4. The molecule has 444 valence electrons. The number of carbonyl (C=O) groups excluding carboxylic acids is 6. The normalized spacial score (nSPS) is 22.0. The van der Waals surface area contributed by atoms with Gasteiger partial charge in [-0.25, -0.2) is 9.59 Å². The Morgan fingerprint density at radius 2 is 1.54 bits per heavy atom. The monoisotopic (exact) mass is 1120 g/mol. The molecule has 23 heteroatoms. The minimum atomic E-state index is -1.93. The molecule has 0 radical (unpaired) electrons. The molecular formula is C57H84N6O17. The minimum absolute atomic E-state index is 0.0321. The number of aliphatic hydroxyl groups excluding tert-OH is 3. The summed E-state index contributed by atoms with van der Waals surface area (Å²) in [6.45, 7) is 12.4. The standard InChI is InChI=1S/C57H84N6O17/c1-14-26-77-40-28-37(79-56-48(67)46(65)47(66)50(80-56)55(72)73)24-23-36(40)30-78-57(74)62(11)44(32(5)6)53(70)60-43(31(3)4)54(71)61(10)45(33(7)15-2)41(75-12)29-42(64)63-25-19-22-39(63)49(76-13)34(8)51(68)59-38(52(69)58-9)27-35-20-17-16-18-21-35/h1,16-18,20-21,23-24,28,31-34,38-39,41,43-50,56,65-67H,15,19,22,25-27,29-30H2,2-13H3,(H,58,69)(H,59,68)(H,60,70)(H,72,73)/t33?,34-,38?,39+,41-,43+,44+,45+,46+,47+,48-,49-,50+,56-/m1/s1. The fraction of sp³-hybridized carbons (Fsp3) is 0.632. The van der Waals surface area contributed by atoms with Gasteiger partial charge >= 0.3 is 12.1 Å². The number of carboxylic acid groups (broad SMARTS) is 1. The van der Waals surface area contributed by atoms with Crippen LogP contribution in [0.3, 0.4) is 0 Å². The molecular weight excluding hydrogens is 1040 g/mol. The second-order valence-electron chi connectivity index (χ2n) is 21.2. The SMILES string of the molecule is C#CCOc1cc(O[C@@H]2O[C@H](C(=O)O)[C@@H](O)[C@H](O)[C@H]2O)ccc1COC(=O)N(C)[C@H](C(=O)N[C@H](C(=O)N(C)[C@@H](C(C)CC)[C@@H](CC(=O)N1CCC[C@H]1[C@H](OC)[C@@H](C)C(=O)NC(Cc1ccccc1)C(=O)NC)OC)C(C)C)C(C)C. The number of aliphatic hydroxyl groups is 3. The van der Waals surface area contributed by atoms with Crippen molar-refractivity contribution in [3.63, 3.8) is 0 Å². The number of hydrogen-bond acceptors (Lipinski definition) is 16. The summed E-state index contributed by atoms with van der Waals surface area (Å²) in [5, 5.41) is 48.6. The van der Waals surface area contributed by atoms with Crippen LogP contribution < -0.4 is 25.4 Å². The van der Waals surface area contributed by atoms with Gasteiger partial charge < -0.3 is 74.6 Å². The van der Waals surface area contributed by atoms with E-state index >= 15 is 0 Å². The largest absolute Gasteiger partial charge is 0.480 e. The van der Waals surface area contributed by atoms with Crippen molar-refractivity contribution < 1.29 is 82.4 Å². The molecule has 7 N–H and O–H groups in total. The maximum absolute atomic E-state index is 14.8. The molecule has 0 bridgehead atoms. The van der Waals surface area contributed by atoms with Crippen molar-refractivity contribution in [2.24, 2.45) is 23.7 Å². The van der Waals surface area contributed by atoms with Crippen LogP contribution in [0.25, 0.3) is 0 Å². The van der Waals surface area contributed by atoms with Gasteiger partial charge in [-0.3, -0.25) is 28.9 Å². The molecule has 2 heterocycles. The van der Waals surface area contributed by atoms with Crippen molar-refractivity contribution in [1.82, 2.24) is 30.7 Å². The van der Waals surface area contributed by atoms with Gasteiger partial charge in [0.1, 0.15) is 61.2 Å². The summed E-state index contributed by atoms with van der Waals surface area (Å²) in [5.74, 6) is -3.22. The molecule has 80 heavy (non-hydrogen) atoms. The first-order valence-electron chi connectivity index (χ1n) is 27.0. The highest BCUT2D eigenvalue weighted by Crippen LogP contribution is 2.32. The number of aliphatic carboxylic acids is 1. The van der Waals surface area contributed by atoms with Crippen molar-refractivity contribution in [2.75, 3.05) is 48.5 Å². The van der Waals surface area contributed by atoms with Gasteiger partial charge in [0, 0.05) is 60.0 Å². The molecule has 4 rings (SSSR count). The Kier molecular flexibility index (Phi) is 25.5. The number of likely N-dealkylation sites (tertiary alicyclic amines) is 1. The highest BCUT2D eigenvalue weighted by molar-refractivity contribution is 5.92. The van der Waals surface area contributed by atoms with Crippen LogP contribution in [-0.4, -0.2) is 198 Å². The second-order valence-corrected chi connectivity index (χ2v) is 21.2. The molecule has 23 nitrogen and oxygen atoms in total. The molecule has 2 unspecified atom stereocenters. The van der Waals surface area contributed by atoms with E-state index < -0.39 is 127 Å². The van der Waals surface area contributed by atoms with Crippen LogP contribution in [0.5, 0.6) is 11.5 Å². The Morgan fingerprint density at radius 3 is 2.11 bits per heavy atom. The van der Waals surface area contributed by atoms with Gasteiger partial charge in [0.25, 0.3) is 0 Å². The Balaban J connectivity index is 1.47. The van der Waals surface area contributed by atoms with Crippen molar-refractivity contribution >= 4 is 41.6 Å². The van der Waals surface area contributed by atoms with Crippen LogP contribution in [-0.2, 0) is 60.7 Å². The van der Waals surface area contributed by atoms with Crippen LogP contribution in [0.1, 0.15) is 85.3 Å². The predicted octanol–water partition coefficient (Wildman–Crippen LogP) is 2.10. The number of carboxylic acids is 1. The minimum Gasteiger partial charge on any atom is -0.480 e. The summed E-state index contributed by atoms with van der Waals surface area (Å²) in [5.41, 5.74) is 1.15. The summed E-state index contributed by atoms with van der Waals surface area (Å²) in [4.78, 5) is 100. The average molecular weight is 1130 g/mol. The van der Waals surface area contributed by atoms with E-state index in [0.29, 0.717) is 25.8 Å². The maximum Gasteiger partial charge on any atom is 0.410 e. The zero-order valence-corrected chi connectivity index (χ0v) is 48.0. The van der Waals surface area contributed by atoms with Crippen molar-refractivity contribution in [3.8, 4) is 23.8 Å². The van der Waals surface area contributed by atoms with Gasteiger partial charge in [-0.1, -0.05) is 91.1 Å². The van der Waals surface area contributed by atoms with Gasteiger partial charge in [-0.2, -0.15) is 0 Å². The number of methoxy groups -OCH3 is 2. The number of nitrogens with one attached hydrogen (secondary N) is 3. The zero-order chi connectivity index (χ0) is 59.7. The third kappa shape index (κ3) is 16.8. The number of ether oxygens (including phenoxy) is 6. The third-order valence-electron chi connectivity index (χ3n) is 15.0. The molecule has 2 fully saturated rings. The van der Waals surface area contributed by atoms with Crippen LogP contribution in [0.2, 0.25) is 0 Å². The fourth-order valence-electron chi connectivity index (χ4n) is 10.4. The van der Waals surface area contributed by atoms with Crippen LogP contribution in [0.15, 0.2) is 48.5 Å². The van der Waals surface area contributed by atoms with E-state index in [1.54, 1.807) is 46.6 Å². The number of terminal acetylenes is 1. The van der Waals surface area contributed by atoms with Crippen molar-refractivity contribution in [2.45, 2.75) is 160 Å². The first-order valence-corrected chi connectivity index (χ1v) is 27.0. The molecule has 2 aliphatic heterocycles. The topological polar surface area (TPSA) is 302 Å². The van der Waals surface area contributed by atoms with E-state index in [4.69, 9.17) is 34.8 Å². The molecule has 14 atom stereocenters. The van der Waals surface area contributed by atoms with E-state index in [2.05, 4.69) is 21.9 Å². The Labute approximate surface area is 469 Å². The Morgan fingerprint density at radius 1 is 0.863 bits per heavy atom. The lowest BCUT2D eigenvalue weighted by molar-refractivity contribution is -0.271. The first kappa shape index (κ1) is 66.0. The smallest absolute Gasteiger partial charge is 0.410 e. The van der Waals surface area contributed by atoms with E-state index in [9.17, 15) is 54.0 Å². The highest BCUT2D eigenvalue weighted by Gasteiger charge is 2.49. The van der Waals surface area contributed by atoms with Gasteiger partial charge in [0.15, 0.2) is 6.10 Å². The van der Waals surface area contributed by atoms with E-state index in [0.717, 1.165) is 10.5 Å². The second kappa shape index (κ2) is 30.9. The molecule has 0 aliphatic carbocycles. The summed E-state index contributed by atoms with van der Waals surface area (Å²) in [6.07, 6.45) is -4.32. The summed E-state index contributed by atoms with van der Waals surface area (Å²) >= 11 is 0. The summed E-state index contributed by atoms with van der Waals surface area (Å²) in [6, 6.07) is 9.25. The lowest BCUT2D eigenvalue weighted by Gasteiger charge is -2.41. The molecule has 0 spiro atoms. The number of carbonyl (C=O) groups is 7. The van der Waals surface area contributed by atoms with Gasteiger partial charge in [-0.15, -0.1) is 6.42 Å². The predicted molar refractivity (Wildman–Crippen MR) is 291 cm³/mol. The number of rotatable bonds is 28.